The molecular weight excluding hydrogens is 327 g/mol. The van der Waals surface area contributed by atoms with Gasteiger partial charge in [-0.3, -0.25) is 4.79 Å². The largest absolute Gasteiger partial charge is 0.486 e. The number of hydrogen-bond acceptors (Lipinski definition) is 4. The van der Waals surface area contributed by atoms with Gasteiger partial charge in [0.05, 0.1) is 0 Å². The van der Waals surface area contributed by atoms with E-state index in [2.05, 4.69) is 10.3 Å². The molecule has 0 spiro atoms. The number of halogens is 1. The van der Waals surface area contributed by atoms with Crippen molar-refractivity contribution in [1.82, 2.24) is 4.98 Å². The monoisotopic (exact) mass is 342 g/mol. The predicted molar refractivity (Wildman–Crippen MR) is 92.0 cm³/mol. The molecule has 3 aromatic rings. The number of anilines is 1. The molecule has 0 unspecified atom stereocenters. The molecule has 4 nitrogen and oxygen atoms in total. The number of hydrogen-bond donors (Lipinski definition) is 1. The van der Waals surface area contributed by atoms with Crippen LogP contribution >= 0.6 is 11.3 Å². The normalized spacial score (nSPS) is 10.4. The van der Waals surface area contributed by atoms with Gasteiger partial charge in [0.25, 0.3) is 5.91 Å². The number of carbonyl (C=O) groups is 1. The molecule has 0 bridgehead atoms. The van der Waals surface area contributed by atoms with Gasteiger partial charge in [-0.15, -0.1) is 11.3 Å². The summed E-state index contributed by atoms with van der Waals surface area (Å²) in [4.78, 5) is 16.5. The van der Waals surface area contributed by atoms with Gasteiger partial charge in [-0.25, -0.2) is 9.37 Å². The number of nitrogens with one attached hydrogen (secondary N) is 1. The fourth-order valence-electron chi connectivity index (χ4n) is 2.05. The van der Waals surface area contributed by atoms with Gasteiger partial charge in [0.15, 0.2) is 0 Å². The van der Waals surface area contributed by atoms with E-state index in [4.69, 9.17) is 4.74 Å². The van der Waals surface area contributed by atoms with Crippen LogP contribution in [0, 0.1) is 12.7 Å². The summed E-state index contributed by atoms with van der Waals surface area (Å²) in [5.74, 6) is 0.0646. The molecule has 0 atom stereocenters. The maximum atomic E-state index is 12.9. The quantitative estimate of drug-likeness (QED) is 0.747. The highest BCUT2D eigenvalue weighted by Gasteiger charge is 2.07. The van der Waals surface area contributed by atoms with Crippen LogP contribution in [-0.2, 0) is 6.61 Å². The van der Waals surface area contributed by atoms with Crippen molar-refractivity contribution in [3.05, 3.63) is 76.0 Å². The van der Waals surface area contributed by atoms with E-state index in [1.165, 1.54) is 24.3 Å². The molecule has 2 aromatic carbocycles. The van der Waals surface area contributed by atoms with E-state index in [0.717, 1.165) is 10.7 Å². The van der Waals surface area contributed by atoms with Gasteiger partial charge < -0.3 is 10.1 Å². The third kappa shape index (κ3) is 4.17. The Labute approximate surface area is 142 Å². The molecule has 0 saturated carbocycles. The lowest BCUT2D eigenvalue weighted by molar-refractivity contribution is 0.102. The summed E-state index contributed by atoms with van der Waals surface area (Å²) >= 11 is 1.55. The number of ether oxygens (including phenoxy) is 1. The maximum Gasteiger partial charge on any atom is 0.255 e. The molecule has 1 N–H and O–H groups in total. The summed E-state index contributed by atoms with van der Waals surface area (Å²) in [6.45, 7) is 2.34. The van der Waals surface area contributed by atoms with Crippen molar-refractivity contribution in [2.45, 2.75) is 13.5 Å². The van der Waals surface area contributed by atoms with Crippen LogP contribution in [-0.4, -0.2) is 10.9 Å². The van der Waals surface area contributed by atoms with Crippen molar-refractivity contribution in [3.63, 3.8) is 0 Å². The van der Waals surface area contributed by atoms with Crippen molar-refractivity contribution >= 4 is 22.9 Å². The predicted octanol–water partition coefficient (Wildman–Crippen LogP) is 4.42. The number of nitrogens with zero attached hydrogens (tertiary/aromatic N) is 1. The average Bonchev–Trinajstić information content (AvgIpc) is 3.01. The topological polar surface area (TPSA) is 51.2 Å². The molecule has 0 aliphatic carbocycles. The Hall–Kier alpha value is -2.73. The van der Waals surface area contributed by atoms with Crippen molar-refractivity contribution in [2.75, 3.05) is 5.32 Å². The van der Waals surface area contributed by atoms with Crippen LogP contribution in [0.2, 0.25) is 0 Å². The number of rotatable bonds is 5. The Morgan fingerprint density at radius 2 is 1.88 bits per heavy atom. The fourth-order valence-corrected chi connectivity index (χ4v) is 2.74. The number of aryl methyl sites for hydroxylation is 1. The van der Waals surface area contributed by atoms with E-state index in [1.807, 2.05) is 12.3 Å². The van der Waals surface area contributed by atoms with E-state index in [9.17, 15) is 9.18 Å². The van der Waals surface area contributed by atoms with Gasteiger partial charge in [-0.1, -0.05) is 0 Å². The van der Waals surface area contributed by atoms with Crippen LogP contribution < -0.4 is 10.1 Å². The van der Waals surface area contributed by atoms with E-state index in [1.54, 1.807) is 35.6 Å². The van der Waals surface area contributed by atoms with E-state index in [-0.39, 0.29) is 11.7 Å². The van der Waals surface area contributed by atoms with Crippen LogP contribution in [0.1, 0.15) is 21.1 Å². The highest BCUT2D eigenvalue weighted by molar-refractivity contribution is 7.09. The lowest BCUT2D eigenvalue weighted by Gasteiger charge is -2.07. The van der Waals surface area contributed by atoms with Gasteiger partial charge in [-0.2, -0.15) is 0 Å². The number of thiazole rings is 1. The van der Waals surface area contributed by atoms with Crippen molar-refractivity contribution in [2.24, 2.45) is 0 Å². The average molecular weight is 342 g/mol. The smallest absolute Gasteiger partial charge is 0.255 e. The minimum atomic E-state index is -0.343. The number of carbonyl (C=O) groups excluding carboxylic acids is 1. The van der Waals surface area contributed by atoms with Crippen LogP contribution in [0.4, 0.5) is 10.1 Å². The Morgan fingerprint density at radius 3 is 2.50 bits per heavy atom. The van der Waals surface area contributed by atoms with Crippen molar-refractivity contribution in [1.29, 1.82) is 0 Å². The van der Waals surface area contributed by atoms with Crippen LogP contribution in [0.3, 0.4) is 0 Å². The van der Waals surface area contributed by atoms with Gasteiger partial charge in [0.1, 0.15) is 23.2 Å². The minimum Gasteiger partial charge on any atom is -0.486 e. The highest BCUT2D eigenvalue weighted by Crippen LogP contribution is 2.17. The summed E-state index contributed by atoms with van der Waals surface area (Å²) in [6.07, 6.45) is 0. The molecule has 0 saturated heterocycles. The van der Waals surface area contributed by atoms with Crippen LogP contribution in [0.15, 0.2) is 53.9 Å². The first-order valence-corrected chi connectivity index (χ1v) is 8.19. The summed E-state index contributed by atoms with van der Waals surface area (Å²) in [6, 6.07) is 12.5. The Bertz CT molecular complexity index is 829. The highest BCUT2D eigenvalue weighted by atomic mass is 32.1. The summed E-state index contributed by atoms with van der Waals surface area (Å²) in [5, 5.41) is 5.59. The molecule has 1 heterocycles. The third-order valence-electron chi connectivity index (χ3n) is 3.25. The standard InChI is InChI=1S/C18H15FN2O2S/c1-12-11-24-17(20-12)10-23-16-8-2-13(3-9-16)18(22)21-15-6-4-14(19)5-7-15/h2-9,11H,10H2,1H3,(H,21,22). The molecule has 24 heavy (non-hydrogen) atoms. The first kappa shape index (κ1) is 16.1. The van der Waals surface area contributed by atoms with E-state index >= 15 is 0 Å². The zero-order valence-electron chi connectivity index (χ0n) is 13.0. The minimum absolute atomic E-state index is 0.260. The molecule has 0 fully saturated rings. The molecule has 3 rings (SSSR count). The number of amides is 1. The summed E-state index contributed by atoms with van der Waals surface area (Å²) in [7, 11) is 0. The fraction of sp³-hybridized carbons (Fsp3) is 0.111. The molecule has 1 amide bonds. The molecule has 122 valence electrons. The summed E-state index contributed by atoms with van der Waals surface area (Å²) < 4.78 is 18.5. The lowest BCUT2D eigenvalue weighted by Crippen LogP contribution is -2.11. The zero-order chi connectivity index (χ0) is 16.9. The molecule has 1 aromatic heterocycles. The Kier molecular flexibility index (Phi) is 4.86. The molecule has 0 radical (unpaired) electrons. The number of benzene rings is 2. The van der Waals surface area contributed by atoms with Crippen LogP contribution in [0.5, 0.6) is 5.75 Å². The Balaban J connectivity index is 1.59. The molecule has 0 aliphatic rings. The van der Waals surface area contributed by atoms with Gasteiger partial charge >= 0.3 is 0 Å². The van der Waals surface area contributed by atoms with Gasteiger partial charge in [0, 0.05) is 22.3 Å². The Morgan fingerprint density at radius 1 is 1.17 bits per heavy atom. The molecular formula is C18H15FN2O2S. The molecule has 0 aliphatic heterocycles. The lowest BCUT2D eigenvalue weighted by atomic mass is 10.2. The first-order valence-electron chi connectivity index (χ1n) is 7.31. The number of aromatic nitrogens is 1. The first-order chi connectivity index (χ1) is 11.6. The van der Waals surface area contributed by atoms with Gasteiger partial charge in [0.2, 0.25) is 0 Å². The second kappa shape index (κ2) is 7.23. The van der Waals surface area contributed by atoms with Crippen molar-refractivity contribution < 1.29 is 13.9 Å². The summed E-state index contributed by atoms with van der Waals surface area (Å²) in [5.41, 5.74) is 2.02. The van der Waals surface area contributed by atoms with Crippen molar-refractivity contribution in [3.8, 4) is 5.75 Å². The third-order valence-corrected chi connectivity index (χ3v) is 4.19. The van der Waals surface area contributed by atoms with E-state index < -0.39 is 0 Å². The zero-order valence-corrected chi connectivity index (χ0v) is 13.8. The second-order valence-electron chi connectivity index (χ2n) is 5.16. The maximum absolute atomic E-state index is 12.9. The molecule has 6 heteroatoms. The van der Waals surface area contributed by atoms with Crippen LogP contribution in [0.25, 0.3) is 0 Å². The second-order valence-corrected chi connectivity index (χ2v) is 6.10. The van der Waals surface area contributed by atoms with E-state index in [0.29, 0.717) is 23.6 Å². The SMILES string of the molecule is Cc1csc(COc2ccc(C(=O)Nc3ccc(F)cc3)cc2)n1. The van der Waals surface area contributed by atoms with Gasteiger partial charge in [-0.05, 0) is 55.5 Å².